The van der Waals surface area contributed by atoms with Crippen LogP contribution >= 0.6 is 31.9 Å². The fraction of sp³-hybridized carbons (Fsp3) is 0.235. The van der Waals surface area contributed by atoms with Crippen LogP contribution in [0.1, 0.15) is 46.7 Å². The predicted molar refractivity (Wildman–Crippen MR) is 88.3 cm³/mol. The molecule has 1 aliphatic carbocycles. The Bertz CT molecular complexity index is 660. The first-order valence-corrected chi connectivity index (χ1v) is 8.33. The van der Waals surface area contributed by atoms with Gasteiger partial charge in [0.05, 0.1) is 0 Å². The van der Waals surface area contributed by atoms with Gasteiger partial charge in [0.25, 0.3) is 0 Å². The summed E-state index contributed by atoms with van der Waals surface area (Å²) in [6.07, 6.45) is 3.81. The van der Waals surface area contributed by atoms with Crippen LogP contribution in [-0.4, -0.2) is 5.78 Å². The molecule has 1 aliphatic rings. The number of carbonyl (C=O) groups excluding carboxylic acids is 1. The van der Waals surface area contributed by atoms with Crippen molar-refractivity contribution < 1.29 is 4.79 Å². The Hall–Kier alpha value is -0.930. The highest BCUT2D eigenvalue weighted by atomic mass is 79.9. The Balaban J connectivity index is 1.93. The van der Waals surface area contributed by atoms with E-state index in [9.17, 15) is 4.79 Å². The Morgan fingerprint density at radius 3 is 2.50 bits per heavy atom. The van der Waals surface area contributed by atoms with Gasteiger partial charge in [-0.3, -0.25) is 4.79 Å². The molecule has 1 saturated carbocycles. The molecule has 3 rings (SSSR count). The zero-order valence-corrected chi connectivity index (χ0v) is 14.1. The SMILES string of the molecule is O=C(c1cccc(C2CCC2)c1)c1ccc(Br)cc1Br. The molecule has 20 heavy (non-hydrogen) atoms. The van der Waals surface area contributed by atoms with Gasteiger partial charge in [-0.1, -0.05) is 40.5 Å². The van der Waals surface area contributed by atoms with Crippen LogP contribution in [0.15, 0.2) is 51.4 Å². The quantitative estimate of drug-likeness (QED) is 0.610. The first-order valence-electron chi connectivity index (χ1n) is 6.75. The van der Waals surface area contributed by atoms with Crippen LogP contribution in [0.4, 0.5) is 0 Å². The third kappa shape index (κ3) is 2.75. The van der Waals surface area contributed by atoms with Crippen molar-refractivity contribution in [2.24, 2.45) is 0 Å². The molecular formula is C17H14Br2O. The highest BCUT2D eigenvalue weighted by molar-refractivity contribution is 9.11. The van der Waals surface area contributed by atoms with Crippen molar-refractivity contribution >= 4 is 37.6 Å². The Morgan fingerprint density at radius 1 is 1.05 bits per heavy atom. The van der Waals surface area contributed by atoms with E-state index < -0.39 is 0 Å². The van der Waals surface area contributed by atoms with Crippen molar-refractivity contribution in [2.75, 3.05) is 0 Å². The van der Waals surface area contributed by atoms with Gasteiger partial charge in [-0.25, -0.2) is 0 Å². The van der Waals surface area contributed by atoms with Crippen LogP contribution in [0.3, 0.4) is 0 Å². The van der Waals surface area contributed by atoms with Gasteiger partial charge >= 0.3 is 0 Å². The van der Waals surface area contributed by atoms with Crippen LogP contribution in [0.2, 0.25) is 0 Å². The Kier molecular flexibility index (Phi) is 4.08. The summed E-state index contributed by atoms with van der Waals surface area (Å²) >= 11 is 6.87. The van der Waals surface area contributed by atoms with E-state index in [0.717, 1.165) is 14.5 Å². The van der Waals surface area contributed by atoms with Gasteiger partial charge in [0, 0.05) is 20.1 Å². The lowest BCUT2D eigenvalue weighted by molar-refractivity contribution is 0.103. The van der Waals surface area contributed by atoms with Crippen molar-refractivity contribution in [1.82, 2.24) is 0 Å². The molecule has 0 aromatic heterocycles. The van der Waals surface area contributed by atoms with Crippen LogP contribution in [-0.2, 0) is 0 Å². The van der Waals surface area contributed by atoms with Gasteiger partial charge in [0.15, 0.2) is 5.78 Å². The molecule has 0 atom stereocenters. The minimum Gasteiger partial charge on any atom is -0.289 e. The molecule has 0 amide bonds. The molecule has 1 nitrogen and oxygen atoms in total. The van der Waals surface area contributed by atoms with E-state index in [0.29, 0.717) is 11.5 Å². The van der Waals surface area contributed by atoms with Gasteiger partial charge < -0.3 is 0 Å². The van der Waals surface area contributed by atoms with E-state index in [2.05, 4.69) is 44.0 Å². The summed E-state index contributed by atoms with van der Waals surface area (Å²) in [4.78, 5) is 12.6. The fourth-order valence-corrected chi connectivity index (χ4v) is 3.73. The molecule has 0 bridgehead atoms. The van der Waals surface area contributed by atoms with E-state index in [4.69, 9.17) is 0 Å². The smallest absolute Gasteiger partial charge is 0.194 e. The zero-order chi connectivity index (χ0) is 14.1. The summed E-state index contributed by atoms with van der Waals surface area (Å²) in [5.41, 5.74) is 2.78. The lowest BCUT2D eigenvalue weighted by Crippen LogP contribution is -2.10. The fourth-order valence-electron chi connectivity index (χ4n) is 2.50. The van der Waals surface area contributed by atoms with Gasteiger partial charge in [0.2, 0.25) is 0 Å². The van der Waals surface area contributed by atoms with Crippen LogP contribution in [0, 0.1) is 0 Å². The maximum Gasteiger partial charge on any atom is 0.194 e. The van der Waals surface area contributed by atoms with E-state index >= 15 is 0 Å². The number of carbonyl (C=O) groups is 1. The first kappa shape index (κ1) is 14.0. The highest BCUT2D eigenvalue weighted by Gasteiger charge is 2.21. The van der Waals surface area contributed by atoms with Crippen molar-refractivity contribution in [3.05, 3.63) is 68.1 Å². The summed E-state index contributed by atoms with van der Waals surface area (Å²) in [6.45, 7) is 0. The third-order valence-electron chi connectivity index (χ3n) is 3.90. The predicted octanol–water partition coefficient (Wildman–Crippen LogP) is 5.71. The average molecular weight is 394 g/mol. The second kappa shape index (κ2) is 5.82. The topological polar surface area (TPSA) is 17.1 Å². The zero-order valence-electron chi connectivity index (χ0n) is 10.9. The molecule has 0 radical (unpaired) electrons. The average Bonchev–Trinajstić information content (AvgIpc) is 2.36. The van der Waals surface area contributed by atoms with Crippen LogP contribution in [0.5, 0.6) is 0 Å². The Morgan fingerprint density at radius 2 is 1.85 bits per heavy atom. The second-order valence-corrected chi connectivity index (χ2v) is 6.98. The largest absolute Gasteiger partial charge is 0.289 e. The van der Waals surface area contributed by atoms with Crippen molar-refractivity contribution in [3.63, 3.8) is 0 Å². The molecule has 1 fully saturated rings. The monoisotopic (exact) mass is 392 g/mol. The summed E-state index contributed by atoms with van der Waals surface area (Å²) in [7, 11) is 0. The number of benzene rings is 2. The molecule has 0 N–H and O–H groups in total. The van der Waals surface area contributed by atoms with E-state index in [1.807, 2.05) is 30.3 Å². The van der Waals surface area contributed by atoms with Crippen LogP contribution in [0.25, 0.3) is 0 Å². The lowest BCUT2D eigenvalue weighted by atomic mass is 9.79. The minimum atomic E-state index is 0.0746. The third-order valence-corrected chi connectivity index (χ3v) is 5.05. The van der Waals surface area contributed by atoms with E-state index in [-0.39, 0.29) is 5.78 Å². The summed E-state index contributed by atoms with van der Waals surface area (Å²) in [5, 5.41) is 0. The van der Waals surface area contributed by atoms with Gasteiger partial charge in [-0.15, -0.1) is 0 Å². The molecule has 2 aromatic carbocycles. The van der Waals surface area contributed by atoms with Crippen LogP contribution < -0.4 is 0 Å². The molecule has 0 saturated heterocycles. The second-order valence-electron chi connectivity index (χ2n) is 5.21. The van der Waals surface area contributed by atoms with Gasteiger partial charge in [-0.2, -0.15) is 0 Å². The Labute approximate surface area is 135 Å². The number of rotatable bonds is 3. The van der Waals surface area contributed by atoms with Crippen molar-refractivity contribution in [3.8, 4) is 0 Å². The lowest BCUT2D eigenvalue weighted by Gasteiger charge is -2.26. The molecule has 102 valence electrons. The molecule has 0 spiro atoms. The molecule has 2 aromatic rings. The minimum absolute atomic E-state index is 0.0746. The van der Waals surface area contributed by atoms with E-state index in [1.165, 1.54) is 24.8 Å². The molecule has 3 heteroatoms. The standard InChI is InChI=1S/C17H14Br2O/c18-14-7-8-15(16(19)10-14)17(20)13-6-2-5-12(9-13)11-3-1-4-11/h2,5-11H,1,3-4H2. The summed E-state index contributed by atoms with van der Waals surface area (Å²) < 4.78 is 1.79. The number of ketones is 1. The summed E-state index contributed by atoms with van der Waals surface area (Å²) in [6, 6.07) is 13.7. The molecule has 0 aliphatic heterocycles. The number of hydrogen-bond donors (Lipinski definition) is 0. The van der Waals surface area contributed by atoms with Gasteiger partial charge in [-0.05, 0) is 64.5 Å². The van der Waals surface area contributed by atoms with Crippen molar-refractivity contribution in [1.29, 1.82) is 0 Å². The normalized spacial score (nSPS) is 14.9. The molecular weight excluding hydrogens is 380 g/mol. The number of halogens is 2. The molecule has 0 unspecified atom stereocenters. The van der Waals surface area contributed by atoms with Gasteiger partial charge in [0.1, 0.15) is 0 Å². The first-order chi connectivity index (χ1) is 9.65. The number of hydrogen-bond acceptors (Lipinski definition) is 1. The van der Waals surface area contributed by atoms with E-state index in [1.54, 1.807) is 0 Å². The molecule has 0 heterocycles. The highest BCUT2D eigenvalue weighted by Crippen LogP contribution is 2.36. The maximum absolute atomic E-state index is 12.6. The maximum atomic E-state index is 12.6. The summed E-state index contributed by atoms with van der Waals surface area (Å²) in [5.74, 6) is 0.724. The van der Waals surface area contributed by atoms with Crippen molar-refractivity contribution in [2.45, 2.75) is 25.2 Å².